The number of pyridine rings is 1. The third-order valence-electron chi connectivity index (χ3n) is 2.47. The smallest absolute Gasteiger partial charge is 0.266 e. The summed E-state index contributed by atoms with van der Waals surface area (Å²) in [6.07, 6.45) is 1.67. The molecule has 2 aromatic heterocycles. The van der Waals surface area contributed by atoms with Crippen molar-refractivity contribution in [1.29, 1.82) is 0 Å². The largest absolute Gasteiger partial charge is 0.398 e. The fraction of sp³-hybridized carbons (Fsp3) is 0.167. The molecule has 1 amide bonds. The summed E-state index contributed by atoms with van der Waals surface area (Å²) in [7, 11) is 0. The molecule has 0 aliphatic heterocycles. The van der Waals surface area contributed by atoms with E-state index in [2.05, 4.69) is 26.2 Å². The summed E-state index contributed by atoms with van der Waals surface area (Å²) >= 11 is 4.74. The van der Waals surface area contributed by atoms with Crippen LogP contribution < -0.4 is 11.1 Å². The van der Waals surface area contributed by atoms with Crippen LogP contribution in [0.2, 0.25) is 0 Å². The predicted molar refractivity (Wildman–Crippen MR) is 78.1 cm³/mol. The number of nitrogens with one attached hydrogen (secondary N) is 1. The quantitative estimate of drug-likeness (QED) is 0.889. The van der Waals surface area contributed by atoms with Crippen LogP contribution in [0.15, 0.2) is 22.8 Å². The molecule has 0 saturated carbocycles. The van der Waals surface area contributed by atoms with E-state index in [-0.39, 0.29) is 5.91 Å². The minimum Gasteiger partial charge on any atom is -0.398 e. The van der Waals surface area contributed by atoms with Crippen LogP contribution in [0.3, 0.4) is 0 Å². The lowest BCUT2D eigenvalue weighted by Crippen LogP contribution is -2.11. The Kier molecular flexibility index (Phi) is 3.68. The highest BCUT2D eigenvalue weighted by molar-refractivity contribution is 9.10. The van der Waals surface area contributed by atoms with Gasteiger partial charge in [-0.05, 0) is 47.5 Å². The van der Waals surface area contributed by atoms with Gasteiger partial charge in [0.15, 0.2) is 0 Å². The van der Waals surface area contributed by atoms with Crippen molar-refractivity contribution in [3.63, 3.8) is 0 Å². The highest BCUT2D eigenvalue weighted by atomic mass is 79.9. The molecule has 6 heteroatoms. The van der Waals surface area contributed by atoms with Gasteiger partial charge in [-0.3, -0.25) is 4.79 Å². The third-order valence-corrected chi connectivity index (χ3v) is 4.36. The van der Waals surface area contributed by atoms with Crippen LogP contribution in [-0.2, 0) is 0 Å². The lowest BCUT2D eigenvalue weighted by Gasteiger charge is -2.04. The molecule has 3 N–H and O–H groups in total. The Morgan fingerprint density at radius 1 is 1.44 bits per heavy atom. The minimum absolute atomic E-state index is 0.186. The Bertz CT molecular complexity index is 590. The molecule has 0 saturated heterocycles. The maximum absolute atomic E-state index is 12.0. The first-order valence-corrected chi connectivity index (χ1v) is 6.87. The molecule has 0 atom stereocenters. The van der Waals surface area contributed by atoms with E-state index in [0.29, 0.717) is 16.4 Å². The summed E-state index contributed by atoms with van der Waals surface area (Å²) in [6.45, 7) is 3.83. The molecular formula is C12H12BrN3OS. The molecule has 2 rings (SSSR count). The van der Waals surface area contributed by atoms with Crippen molar-refractivity contribution in [2.24, 2.45) is 0 Å². The number of anilines is 2. The second kappa shape index (κ2) is 5.07. The molecule has 0 unspecified atom stereocenters. The number of hydrogen-bond donors (Lipinski definition) is 2. The number of nitrogens with zero attached hydrogens (tertiary/aromatic N) is 1. The fourth-order valence-corrected chi connectivity index (χ4v) is 2.45. The summed E-state index contributed by atoms with van der Waals surface area (Å²) < 4.78 is 0.914. The number of amides is 1. The molecule has 18 heavy (non-hydrogen) atoms. The number of carbonyl (C=O) groups excluding carboxylic acids is 1. The first kappa shape index (κ1) is 13.0. The average Bonchev–Trinajstić information content (AvgIpc) is 2.65. The molecule has 0 bridgehead atoms. The Labute approximate surface area is 117 Å². The molecule has 0 spiro atoms. The lowest BCUT2D eigenvalue weighted by atomic mass is 10.3. The van der Waals surface area contributed by atoms with Gasteiger partial charge in [-0.2, -0.15) is 0 Å². The highest BCUT2D eigenvalue weighted by Crippen LogP contribution is 2.24. The van der Waals surface area contributed by atoms with E-state index < -0.39 is 0 Å². The number of nitrogen functional groups attached to an aromatic ring is 1. The lowest BCUT2D eigenvalue weighted by molar-refractivity contribution is 0.103. The Balaban J connectivity index is 2.18. The molecule has 2 heterocycles. The van der Waals surface area contributed by atoms with Gasteiger partial charge >= 0.3 is 0 Å². The number of aryl methyl sites for hydroxylation is 2. The van der Waals surface area contributed by atoms with Gasteiger partial charge in [-0.1, -0.05) is 0 Å². The van der Waals surface area contributed by atoms with Gasteiger partial charge < -0.3 is 11.1 Å². The number of halogens is 1. The monoisotopic (exact) mass is 325 g/mol. The molecule has 0 aliphatic rings. The first-order chi connectivity index (χ1) is 8.47. The number of carbonyl (C=O) groups is 1. The molecule has 0 aromatic carbocycles. The molecule has 0 radical (unpaired) electrons. The summed E-state index contributed by atoms with van der Waals surface area (Å²) in [5, 5.41) is 2.75. The van der Waals surface area contributed by atoms with Crippen molar-refractivity contribution in [1.82, 2.24) is 4.98 Å². The topological polar surface area (TPSA) is 68.0 Å². The van der Waals surface area contributed by atoms with Crippen LogP contribution in [-0.4, -0.2) is 10.9 Å². The van der Waals surface area contributed by atoms with E-state index in [1.165, 1.54) is 11.3 Å². The van der Waals surface area contributed by atoms with Crippen molar-refractivity contribution in [2.45, 2.75) is 13.8 Å². The van der Waals surface area contributed by atoms with Crippen LogP contribution in [0.4, 0.5) is 11.5 Å². The van der Waals surface area contributed by atoms with E-state index in [0.717, 1.165) is 14.9 Å². The minimum atomic E-state index is -0.186. The first-order valence-electron chi connectivity index (χ1n) is 5.27. The van der Waals surface area contributed by atoms with Gasteiger partial charge in [-0.25, -0.2) is 4.98 Å². The number of rotatable bonds is 2. The van der Waals surface area contributed by atoms with Crippen LogP contribution in [0.1, 0.15) is 20.1 Å². The molecule has 4 nitrogen and oxygen atoms in total. The Morgan fingerprint density at radius 2 is 2.17 bits per heavy atom. The van der Waals surface area contributed by atoms with Crippen LogP contribution >= 0.6 is 27.3 Å². The summed E-state index contributed by atoms with van der Waals surface area (Å²) in [6, 6.07) is 3.49. The molecular weight excluding hydrogens is 314 g/mol. The van der Waals surface area contributed by atoms with Crippen molar-refractivity contribution in [2.75, 3.05) is 11.1 Å². The van der Waals surface area contributed by atoms with Crippen LogP contribution in [0, 0.1) is 13.8 Å². The number of nitrogens with two attached hydrogens (primary N) is 1. The van der Waals surface area contributed by atoms with Gasteiger partial charge in [0.2, 0.25) is 0 Å². The summed E-state index contributed by atoms with van der Waals surface area (Å²) in [5.74, 6) is 0.347. The zero-order valence-electron chi connectivity index (χ0n) is 9.95. The standard InChI is InChI=1S/C12H12BrN3OS/c1-6-3-11(15-5-8(6)13)16-12(17)10-4-9(14)7(2)18-10/h3-5H,14H2,1-2H3,(H,15,16,17). The van der Waals surface area contributed by atoms with Crippen LogP contribution in [0.25, 0.3) is 0 Å². The Morgan fingerprint density at radius 3 is 2.72 bits per heavy atom. The van der Waals surface area contributed by atoms with E-state index in [4.69, 9.17) is 5.73 Å². The van der Waals surface area contributed by atoms with Crippen molar-refractivity contribution in [3.05, 3.63) is 38.1 Å². The maximum atomic E-state index is 12.0. The SMILES string of the molecule is Cc1cc(NC(=O)c2cc(N)c(C)s2)ncc1Br. The molecule has 94 valence electrons. The van der Waals surface area contributed by atoms with Gasteiger partial charge in [0.25, 0.3) is 5.91 Å². The molecule has 0 fully saturated rings. The van der Waals surface area contributed by atoms with Gasteiger partial charge in [-0.15, -0.1) is 11.3 Å². The average molecular weight is 326 g/mol. The predicted octanol–water partition coefficient (Wildman–Crippen LogP) is 3.36. The summed E-state index contributed by atoms with van der Waals surface area (Å²) in [5.41, 5.74) is 7.38. The van der Waals surface area contributed by atoms with Crippen molar-refractivity contribution in [3.8, 4) is 0 Å². The second-order valence-corrected chi connectivity index (χ2v) is 6.01. The zero-order valence-corrected chi connectivity index (χ0v) is 12.4. The van der Waals surface area contributed by atoms with E-state index >= 15 is 0 Å². The van der Waals surface area contributed by atoms with Crippen molar-refractivity contribution < 1.29 is 4.79 Å². The van der Waals surface area contributed by atoms with Gasteiger partial charge in [0.1, 0.15) is 5.82 Å². The number of aromatic nitrogens is 1. The highest BCUT2D eigenvalue weighted by Gasteiger charge is 2.12. The molecule has 2 aromatic rings. The van der Waals surface area contributed by atoms with Crippen LogP contribution in [0.5, 0.6) is 0 Å². The van der Waals surface area contributed by atoms with E-state index in [1.54, 1.807) is 12.3 Å². The second-order valence-electron chi connectivity index (χ2n) is 3.90. The number of hydrogen-bond acceptors (Lipinski definition) is 4. The molecule has 0 aliphatic carbocycles. The van der Waals surface area contributed by atoms with Gasteiger partial charge in [0, 0.05) is 21.2 Å². The third kappa shape index (κ3) is 2.70. The van der Waals surface area contributed by atoms with E-state index in [9.17, 15) is 4.79 Å². The Hall–Kier alpha value is -1.40. The van der Waals surface area contributed by atoms with E-state index in [1.807, 2.05) is 19.9 Å². The summed E-state index contributed by atoms with van der Waals surface area (Å²) in [4.78, 5) is 17.6. The normalized spacial score (nSPS) is 10.4. The zero-order chi connectivity index (χ0) is 13.3. The van der Waals surface area contributed by atoms with Crippen molar-refractivity contribution >= 4 is 44.7 Å². The number of thiophene rings is 1. The van der Waals surface area contributed by atoms with Gasteiger partial charge in [0.05, 0.1) is 4.88 Å². The maximum Gasteiger partial charge on any atom is 0.266 e. The fourth-order valence-electron chi connectivity index (χ4n) is 1.39.